The maximum atomic E-state index is 12.9. The molecule has 0 atom stereocenters. The van der Waals surface area contributed by atoms with E-state index in [9.17, 15) is 9.59 Å². The smallest absolute Gasteiger partial charge is 0.280 e. The zero-order chi connectivity index (χ0) is 19.6. The second kappa shape index (κ2) is 5.59. The highest BCUT2D eigenvalue weighted by atomic mass is 16.2. The van der Waals surface area contributed by atoms with Crippen molar-refractivity contribution < 1.29 is 4.79 Å². The van der Waals surface area contributed by atoms with Crippen molar-refractivity contribution in [2.45, 2.75) is 13.8 Å². The molecule has 0 unspecified atom stereocenters. The molecule has 0 bridgehead atoms. The van der Waals surface area contributed by atoms with Crippen molar-refractivity contribution in [3.05, 3.63) is 69.9 Å². The molecule has 0 N–H and O–H groups in total. The van der Waals surface area contributed by atoms with Crippen molar-refractivity contribution in [2.24, 2.45) is 7.05 Å². The first-order valence-corrected chi connectivity index (χ1v) is 8.79. The Hall–Kier alpha value is -3.81. The Kier molecular flexibility index (Phi) is 3.27. The van der Waals surface area contributed by atoms with E-state index in [-0.39, 0.29) is 11.5 Å². The molecule has 5 rings (SSSR count). The van der Waals surface area contributed by atoms with Gasteiger partial charge in [0, 0.05) is 24.9 Å². The van der Waals surface area contributed by atoms with E-state index >= 15 is 0 Å². The van der Waals surface area contributed by atoms with Gasteiger partial charge in [-0.3, -0.25) is 14.2 Å². The standard InChI is InChI=1S/C20H16N6O2/c1-11-4-6-13(7-5-11)19(27)26-18-14(10-22-26)17-15(9-21-18)20(28)24(3)16-8-12(2)23-25(16)17/h4-10H,1-3H3. The fourth-order valence-corrected chi connectivity index (χ4v) is 3.49. The quantitative estimate of drug-likeness (QED) is 0.450. The van der Waals surface area contributed by atoms with E-state index in [1.807, 2.05) is 32.0 Å². The number of pyridine rings is 1. The molecule has 4 heterocycles. The van der Waals surface area contributed by atoms with Gasteiger partial charge in [-0.1, -0.05) is 17.7 Å². The maximum absolute atomic E-state index is 12.9. The molecule has 0 spiro atoms. The van der Waals surface area contributed by atoms with Crippen LogP contribution in [0.5, 0.6) is 0 Å². The van der Waals surface area contributed by atoms with Gasteiger partial charge in [-0.2, -0.15) is 14.9 Å². The van der Waals surface area contributed by atoms with Crippen LogP contribution in [-0.4, -0.2) is 34.9 Å². The number of hydrogen-bond acceptors (Lipinski definition) is 5. The number of fused-ring (bicyclic) bond motifs is 5. The van der Waals surface area contributed by atoms with Crippen molar-refractivity contribution in [1.29, 1.82) is 0 Å². The Bertz CT molecular complexity index is 1470. The Morgan fingerprint density at radius 1 is 1.04 bits per heavy atom. The Morgan fingerprint density at radius 2 is 1.79 bits per heavy atom. The number of rotatable bonds is 1. The zero-order valence-electron chi connectivity index (χ0n) is 15.5. The van der Waals surface area contributed by atoms with Gasteiger partial charge in [0.2, 0.25) is 0 Å². The largest absolute Gasteiger partial charge is 0.296 e. The lowest BCUT2D eigenvalue weighted by atomic mass is 10.1. The second-order valence-corrected chi connectivity index (χ2v) is 6.91. The summed E-state index contributed by atoms with van der Waals surface area (Å²) < 4.78 is 4.51. The normalized spacial score (nSPS) is 11.7. The molecule has 0 fully saturated rings. The minimum absolute atomic E-state index is 0.172. The number of carbonyl (C=O) groups is 1. The van der Waals surface area contributed by atoms with Gasteiger partial charge in [0.05, 0.1) is 28.2 Å². The lowest BCUT2D eigenvalue weighted by Crippen LogP contribution is -2.20. The van der Waals surface area contributed by atoms with Crippen molar-refractivity contribution in [2.75, 3.05) is 0 Å². The van der Waals surface area contributed by atoms with E-state index in [4.69, 9.17) is 0 Å². The zero-order valence-corrected chi connectivity index (χ0v) is 15.5. The van der Waals surface area contributed by atoms with Crippen LogP contribution >= 0.6 is 0 Å². The molecular weight excluding hydrogens is 356 g/mol. The third-order valence-corrected chi connectivity index (χ3v) is 4.96. The van der Waals surface area contributed by atoms with E-state index < -0.39 is 0 Å². The number of benzene rings is 1. The summed E-state index contributed by atoms with van der Waals surface area (Å²) >= 11 is 0. The van der Waals surface area contributed by atoms with Crippen LogP contribution in [0.1, 0.15) is 21.6 Å². The van der Waals surface area contributed by atoms with Gasteiger partial charge in [0.1, 0.15) is 5.65 Å². The first-order valence-electron chi connectivity index (χ1n) is 8.79. The summed E-state index contributed by atoms with van der Waals surface area (Å²) in [7, 11) is 1.70. The Morgan fingerprint density at radius 3 is 2.54 bits per heavy atom. The number of nitrogens with zero attached hydrogens (tertiary/aromatic N) is 6. The summed E-state index contributed by atoms with van der Waals surface area (Å²) in [5, 5.41) is 9.81. The molecule has 0 amide bonds. The molecule has 5 aromatic rings. The second-order valence-electron chi connectivity index (χ2n) is 6.91. The number of hydrogen-bond donors (Lipinski definition) is 0. The molecule has 0 saturated carbocycles. The molecule has 138 valence electrons. The first-order chi connectivity index (χ1) is 13.5. The molecule has 0 aliphatic rings. The highest BCUT2D eigenvalue weighted by Gasteiger charge is 2.19. The monoisotopic (exact) mass is 372 g/mol. The van der Waals surface area contributed by atoms with E-state index in [2.05, 4.69) is 15.2 Å². The molecule has 0 saturated heterocycles. The van der Waals surface area contributed by atoms with E-state index in [1.54, 1.807) is 29.9 Å². The van der Waals surface area contributed by atoms with E-state index in [0.717, 1.165) is 11.3 Å². The lowest BCUT2D eigenvalue weighted by molar-refractivity contribution is 0.0950. The average molecular weight is 372 g/mol. The molecule has 0 radical (unpaired) electrons. The first kappa shape index (κ1) is 16.4. The highest BCUT2D eigenvalue weighted by Crippen LogP contribution is 2.23. The molecule has 8 heteroatoms. The SMILES string of the molecule is Cc1ccc(C(=O)n2ncc3c2ncc2c(=O)n(C)c4cc(C)nn4c23)cc1. The molecule has 1 aromatic carbocycles. The van der Waals surface area contributed by atoms with Crippen molar-refractivity contribution in [3.8, 4) is 0 Å². The van der Waals surface area contributed by atoms with Gasteiger partial charge in [-0.15, -0.1) is 0 Å². The van der Waals surface area contributed by atoms with Gasteiger partial charge >= 0.3 is 0 Å². The minimum Gasteiger partial charge on any atom is -0.296 e. The van der Waals surface area contributed by atoms with Crippen LogP contribution in [-0.2, 0) is 7.05 Å². The summed E-state index contributed by atoms with van der Waals surface area (Å²) in [6, 6.07) is 9.12. The van der Waals surface area contributed by atoms with Gasteiger partial charge in [-0.25, -0.2) is 9.50 Å². The third-order valence-electron chi connectivity index (χ3n) is 4.96. The molecule has 0 aliphatic heterocycles. The van der Waals surface area contributed by atoms with Crippen LogP contribution in [0.3, 0.4) is 0 Å². The van der Waals surface area contributed by atoms with Crippen molar-refractivity contribution in [3.63, 3.8) is 0 Å². The van der Waals surface area contributed by atoms with Crippen LogP contribution in [0, 0.1) is 13.8 Å². The summed E-state index contributed by atoms with van der Waals surface area (Å²) in [5.41, 5.74) is 3.85. The summed E-state index contributed by atoms with van der Waals surface area (Å²) in [4.78, 5) is 30.1. The van der Waals surface area contributed by atoms with Crippen molar-refractivity contribution in [1.82, 2.24) is 28.9 Å². The fraction of sp³-hybridized carbons (Fsp3) is 0.150. The van der Waals surface area contributed by atoms with Gasteiger partial charge in [0.25, 0.3) is 11.5 Å². The molecule has 0 aliphatic carbocycles. The molecule has 4 aromatic heterocycles. The third kappa shape index (κ3) is 2.14. The summed E-state index contributed by atoms with van der Waals surface area (Å²) in [6.07, 6.45) is 3.05. The van der Waals surface area contributed by atoms with Crippen LogP contribution in [0.15, 0.2) is 47.5 Å². The van der Waals surface area contributed by atoms with Crippen LogP contribution in [0.25, 0.3) is 27.6 Å². The topological polar surface area (TPSA) is 87.1 Å². The van der Waals surface area contributed by atoms with Crippen LogP contribution in [0.2, 0.25) is 0 Å². The van der Waals surface area contributed by atoms with E-state index in [0.29, 0.717) is 33.1 Å². The molecular formula is C20H16N6O2. The summed E-state index contributed by atoms with van der Waals surface area (Å²) in [5.74, 6) is -0.279. The fourth-order valence-electron chi connectivity index (χ4n) is 3.49. The van der Waals surface area contributed by atoms with Gasteiger partial charge < -0.3 is 0 Å². The predicted octanol–water partition coefficient (Wildman–Crippen LogP) is 2.24. The number of carbonyl (C=O) groups excluding carboxylic acids is 1. The van der Waals surface area contributed by atoms with Crippen LogP contribution < -0.4 is 5.56 Å². The van der Waals surface area contributed by atoms with Gasteiger partial charge in [-0.05, 0) is 26.0 Å². The predicted molar refractivity (Wildman–Crippen MR) is 105 cm³/mol. The Balaban J connectivity index is 1.84. The summed E-state index contributed by atoms with van der Waals surface area (Å²) in [6.45, 7) is 3.83. The lowest BCUT2D eigenvalue weighted by Gasteiger charge is -2.07. The number of aromatic nitrogens is 6. The van der Waals surface area contributed by atoms with E-state index in [1.165, 1.54) is 15.4 Å². The molecule has 28 heavy (non-hydrogen) atoms. The minimum atomic E-state index is -0.279. The maximum Gasteiger partial charge on any atom is 0.280 e. The highest BCUT2D eigenvalue weighted by molar-refractivity contribution is 6.07. The number of aryl methyl sites for hydroxylation is 3. The van der Waals surface area contributed by atoms with Crippen molar-refractivity contribution >= 4 is 33.5 Å². The van der Waals surface area contributed by atoms with Crippen LogP contribution in [0.4, 0.5) is 0 Å². The average Bonchev–Trinajstić information content (AvgIpc) is 3.29. The Labute approximate surface area is 158 Å². The van der Waals surface area contributed by atoms with Gasteiger partial charge in [0.15, 0.2) is 5.65 Å². The molecule has 8 nitrogen and oxygen atoms in total.